The molecule has 1 aliphatic rings. The van der Waals surface area contributed by atoms with Gasteiger partial charge < -0.3 is 24.7 Å². The number of aromatic nitrogens is 1. The number of halogens is 1. The molecule has 0 aliphatic carbocycles. The summed E-state index contributed by atoms with van der Waals surface area (Å²) in [6, 6.07) is 20.6. The molecule has 226 valence electrons. The van der Waals surface area contributed by atoms with Crippen molar-refractivity contribution in [2.45, 2.75) is 13.0 Å². The Balaban J connectivity index is 1.45. The molecule has 0 radical (unpaired) electrons. The van der Waals surface area contributed by atoms with Crippen molar-refractivity contribution in [3.05, 3.63) is 132 Å². The van der Waals surface area contributed by atoms with E-state index in [0.717, 1.165) is 11.3 Å². The lowest BCUT2D eigenvalue weighted by atomic mass is 9.94. The van der Waals surface area contributed by atoms with Crippen molar-refractivity contribution in [2.24, 2.45) is 4.99 Å². The summed E-state index contributed by atoms with van der Waals surface area (Å²) < 4.78 is 13.1. The Morgan fingerprint density at radius 2 is 1.87 bits per heavy atom. The van der Waals surface area contributed by atoms with Crippen molar-refractivity contribution in [3.8, 4) is 22.8 Å². The molecule has 0 saturated carbocycles. The molecule has 6 rings (SSSR count). The highest BCUT2D eigenvalue weighted by molar-refractivity contribution is 7.07. The number of benzene rings is 3. The molecule has 2 aromatic heterocycles. The van der Waals surface area contributed by atoms with Gasteiger partial charge in [0.2, 0.25) is 0 Å². The Morgan fingerprint density at radius 3 is 2.58 bits per heavy atom. The highest BCUT2D eigenvalue weighted by Gasteiger charge is 2.33. The van der Waals surface area contributed by atoms with Gasteiger partial charge in [-0.1, -0.05) is 53.3 Å². The van der Waals surface area contributed by atoms with E-state index >= 15 is 0 Å². The van der Waals surface area contributed by atoms with Crippen LogP contribution in [0.2, 0.25) is 5.02 Å². The summed E-state index contributed by atoms with van der Waals surface area (Å²) in [4.78, 5) is 44.1. The monoisotopic (exact) mass is 641 g/mol. The number of nitrogens with zero attached hydrogens (tertiary/aromatic N) is 2. The number of hydrogen-bond donors (Lipinski definition) is 3. The van der Waals surface area contributed by atoms with Crippen molar-refractivity contribution in [3.63, 3.8) is 0 Å². The smallest absolute Gasteiger partial charge is 0.337 e. The quantitative estimate of drug-likeness (QED) is 0.222. The van der Waals surface area contributed by atoms with Gasteiger partial charge >= 0.3 is 5.97 Å². The number of phenols is 1. The second-order valence-electron chi connectivity index (χ2n) is 10.0. The maximum atomic E-state index is 14.0. The Labute approximate surface area is 264 Å². The first-order valence-electron chi connectivity index (χ1n) is 13.5. The number of hydrogen-bond acceptors (Lipinski definition) is 8. The van der Waals surface area contributed by atoms with Crippen molar-refractivity contribution >= 4 is 46.6 Å². The SMILES string of the molecule is COc1cc([C@H]2C(C(=O)Nc3ccccc3)=C(C)N=c3s/c(=C\c4ccc(-c5ccc(C(=O)O)c(Cl)c5)o4)c(=O)n32)ccc1O. The number of carbonyl (C=O) groups excluding carboxylic acids is 1. The number of carboxylic acid groups (broad SMARTS) is 1. The van der Waals surface area contributed by atoms with Crippen LogP contribution in [0, 0.1) is 0 Å². The zero-order chi connectivity index (χ0) is 31.8. The predicted octanol–water partition coefficient (Wildman–Crippen LogP) is 5.20. The number of furan rings is 1. The lowest BCUT2D eigenvalue weighted by Crippen LogP contribution is -2.40. The van der Waals surface area contributed by atoms with Crippen LogP contribution in [0.25, 0.3) is 17.4 Å². The summed E-state index contributed by atoms with van der Waals surface area (Å²) in [5.74, 6) is -0.671. The van der Waals surface area contributed by atoms with Gasteiger partial charge in [0.05, 0.1) is 39.5 Å². The van der Waals surface area contributed by atoms with E-state index in [0.29, 0.717) is 43.4 Å². The van der Waals surface area contributed by atoms with Gasteiger partial charge in [-0.2, -0.15) is 0 Å². The first-order chi connectivity index (χ1) is 21.6. The number of ether oxygens (including phenoxy) is 1. The van der Waals surface area contributed by atoms with E-state index in [2.05, 4.69) is 10.3 Å². The van der Waals surface area contributed by atoms with E-state index in [-0.39, 0.29) is 27.7 Å². The highest BCUT2D eigenvalue weighted by Crippen LogP contribution is 2.36. The van der Waals surface area contributed by atoms with Crippen LogP contribution >= 0.6 is 22.9 Å². The molecule has 0 unspecified atom stereocenters. The Hall–Kier alpha value is -5.39. The molecule has 10 nitrogen and oxygen atoms in total. The summed E-state index contributed by atoms with van der Waals surface area (Å²) in [7, 11) is 1.42. The minimum Gasteiger partial charge on any atom is -0.504 e. The topological polar surface area (TPSA) is 143 Å². The largest absolute Gasteiger partial charge is 0.504 e. The van der Waals surface area contributed by atoms with E-state index in [1.165, 1.54) is 29.9 Å². The van der Waals surface area contributed by atoms with Gasteiger partial charge in [-0.05, 0) is 61.0 Å². The average molecular weight is 642 g/mol. The summed E-state index contributed by atoms with van der Waals surface area (Å²) >= 11 is 7.27. The van der Waals surface area contributed by atoms with E-state index in [1.54, 1.807) is 67.6 Å². The fraction of sp³-hybridized carbons (Fsp3) is 0.0909. The minimum atomic E-state index is -1.14. The molecule has 5 aromatic rings. The molecule has 0 saturated heterocycles. The summed E-state index contributed by atoms with van der Waals surface area (Å²) in [6.07, 6.45) is 1.58. The number of aromatic carboxylic acids is 1. The maximum Gasteiger partial charge on any atom is 0.337 e. The number of phenolic OH excluding ortho intramolecular Hbond substituents is 1. The lowest BCUT2D eigenvalue weighted by Gasteiger charge is -2.25. The molecular weight excluding hydrogens is 618 g/mol. The maximum absolute atomic E-state index is 14.0. The number of aromatic hydroxyl groups is 1. The number of carbonyl (C=O) groups is 2. The number of methoxy groups -OCH3 is 1. The number of allylic oxidation sites excluding steroid dienone is 1. The van der Waals surface area contributed by atoms with Gasteiger partial charge in [-0.25, -0.2) is 9.79 Å². The molecule has 3 N–H and O–H groups in total. The molecule has 1 atom stereocenters. The first kappa shape index (κ1) is 29.7. The van der Waals surface area contributed by atoms with E-state index in [9.17, 15) is 24.6 Å². The summed E-state index contributed by atoms with van der Waals surface area (Å²) in [6.45, 7) is 1.71. The van der Waals surface area contributed by atoms with Gasteiger partial charge in [-0.15, -0.1) is 0 Å². The Kier molecular flexibility index (Phi) is 7.88. The van der Waals surface area contributed by atoms with Gasteiger partial charge in [0.1, 0.15) is 11.5 Å². The van der Waals surface area contributed by atoms with Crippen LogP contribution in [0.4, 0.5) is 5.69 Å². The molecule has 45 heavy (non-hydrogen) atoms. The number of amides is 1. The average Bonchev–Trinajstić information content (AvgIpc) is 3.61. The lowest BCUT2D eigenvalue weighted by molar-refractivity contribution is -0.113. The zero-order valence-corrected chi connectivity index (χ0v) is 25.3. The standard InChI is InChI=1S/C33H24ClN3O7S/c1-17-28(30(39)36-20-6-4-3-5-7-20)29(19-9-12-24(38)26(15-19)43-2)37-31(40)27(45-33(37)35-17)16-21-10-13-25(44-21)18-8-11-22(32(41)42)23(34)14-18/h3-16,29,38H,1-2H3,(H,36,39)(H,41,42)/b27-16-/t29-/m0/s1. The molecule has 0 spiro atoms. The van der Waals surface area contributed by atoms with Gasteiger partial charge in [-0.3, -0.25) is 14.2 Å². The number of thiazole rings is 1. The third kappa shape index (κ3) is 5.66. The van der Waals surface area contributed by atoms with Gasteiger partial charge in [0, 0.05) is 17.3 Å². The molecule has 3 aromatic carbocycles. The second kappa shape index (κ2) is 11.9. The first-order valence-corrected chi connectivity index (χ1v) is 14.7. The van der Waals surface area contributed by atoms with Crippen molar-refractivity contribution in [1.29, 1.82) is 0 Å². The van der Waals surface area contributed by atoms with Crippen molar-refractivity contribution in [2.75, 3.05) is 12.4 Å². The van der Waals surface area contributed by atoms with E-state index in [1.807, 2.05) is 6.07 Å². The van der Waals surface area contributed by atoms with Crippen LogP contribution in [0.15, 0.2) is 104 Å². The third-order valence-corrected chi connectivity index (χ3v) is 8.50. The predicted molar refractivity (Wildman–Crippen MR) is 170 cm³/mol. The van der Waals surface area contributed by atoms with Crippen molar-refractivity contribution < 1.29 is 29.0 Å². The minimum absolute atomic E-state index is 0.0266. The number of anilines is 1. The number of fused-ring (bicyclic) bond motifs is 1. The highest BCUT2D eigenvalue weighted by atomic mass is 35.5. The second-order valence-corrected chi connectivity index (χ2v) is 11.5. The Bertz CT molecular complexity index is 2200. The third-order valence-electron chi connectivity index (χ3n) is 7.20. The zero-order valence-electron chi connectivity index (χ0n) is 23.8. The van der Waals surface area contributed by atoms with Crippen LogP contribution in [-0.2, 0) is 4.79 Å². The van der Waals surface area contributed by atoms with Crippen molar-refractivity contribution in [1.82, 2.24) is 4.57 Å². The Morgan fingerprint density at radius 1 is 1.09 bits per heavy atom. The summed E-state index contributed by atoms with van der Waals surface area (Å²) in [5.41, 5.74) is 1.93. The molecule has 0 bridgehead atoms. The molecule has 0 fully saturated rings. The molecule has 1 amide bonds. The van der Waals surface area contributed by atoms with Crippen LogP contribution < -0.4 is 24.9 Å². The molecule has 12 heteroatoms. The van der Waals surface area contributed by atoms with E-state index in [4.69, 9.17) is 20.8 Å². The molecular formula is C33H24ClN3O7S. The van der Waals surface area contributed by atoms with Crippen LogP contribution in [-0.4, -0.2) is 33.8 Å². The van der Waals surface area contributed by atoms with Gasteiger partial charge in [0.25, 0.3) is 11.5 Å². The normalized spacial score (nSPS) is 14.6. The van der Waals surface area contributed by atoms with E-state index < -0.39 is 23.5 Å². The van der Waals surface area contributed by atoms with Crippen LogP contribution in [0.1, 0.15) is 34.6 Å². The van der Waals surface area contributed by atoms with Gasteiger partial charge in [0.15, 0.2) is 16.3 Å². The molecule has 3 heterocycles. The fourth-order valence-electron chi connectivity index (χ4n) is 5.07. The van der Waals surface area contributed by atoms with Crippen LogP contribution in [0.5, 0.6) is 11.5 Å². The fourth-order valence-corrected chi connectivity index (χ4v) is 6.36. The number of rotatable bonds is 7. The molecule has 1 aliphatic heterocycles. The van der Waals surface area contributed by atoms with Crippen LogP contribution in [0.3, 0.4) is 0 Å². The summed E-state index contributed by atoms with van der Waals surface area (Å²) in [5, 5.41) is 22.5. The number of para-hydroxylation sites is 1. The number of carboxylic acids is 1. The number of nitrogens with one attached hydrogen (secondary N) is 1.